The summed E-state index contributed by atoms with van der Waals surface area (Å²) in [4.78, 5) is 28.1. The number of amides is 1. The first-order valence-corrected chi connectivity index (χ1v) is 10.9. The molecule has 4 rings (SSSR count). The third-order valence-corrected chi connectivity index (χ3v) is 6.77. The number of nitrogens with zero attached hydrogens (tertiary/aromatic N) is 2. The first-order chi connectivity index (χ1) is 14.5. The van der Waals surface area contributed by atoms with Crippen LogP contribution in [0.3, 0.4) is 0 Å². The average molecular weight is 427 g/mol. The fourth-order valence-electron chi connectivity index (χ4n) is 4.55. The molecule has 2 aliphatic heterocycles. The number of likely N-dealkylation sites (tertiary alicyclic amines) is 1. The lowest BCUT2D eigenvalue weighted by Gasteiger charge is -2.41. The zero-order valence-electron chi connectivity index (χ0n) is 17.0. The summed E-state index contributed by atoms with van der Waals surface area (Å²) in [5, 5.41) is 11.7. The lowest BCUT2D eigenvalue weighted by Crippen LogP contribution is -2.49. The van der Waals surface area contributed by atoms with Crippen molar-refractivity contribution in [2.45, 2.75) is 31.3 Å². The van der Waals surface area contributed by atoms with E-state index in [0.717, 1.165) is 43.5 Å². The summed E-state index contributed by atoms with van der Waals surface area (Å²) in [5.74, 6) is 0.251. The fourth-order valence-corrected chi connectivity index (χ4v) is 4.68. The average Bonchev–Trinajstić information content (AvgIpc) is 2.80. The van der Waals surface area contributed by atoms with Crippen LogP contribution in [0.2, 0.25) is 5.02 Å². The number of anilines is 1. The molecule has 30 heavy (non-hydrogen) atoms. The number of aldehydes is 1. The maximum absolute atomic E-state index is 13.0. The summed E-state index contributed by atoms with van der Waals surface area (Å²) in [5.41, 5.74) is 1.75. The van der Waals surface area contributed by atoms with Crippen LogP contribution in [0, 0.1) is 5.92 Å². The molecule has 0 aromatic heterocycles. The summed E-state index contributed by atoms with van der Waals surface area (Å²) < 4.78 is 0. The number of carbonyl (C=O) groups excluding carboxylic acids is 2. The van der Waals surface area contributed by atoms with E-state index in [1.807, 2.05) is 41.3 Å². The topological polar surface area (TPSA) is 60.9 Å². The van der Waals surface area contributed by atoms with Gasteiger partial charge in [-0.15, -0.1) is 0 Å². The molecule has 5 nitrogen and oxygen atoms in total. The van der Waals surface area contributed by atoms with Crippen molar-refractivity contribution >= 4 is 29.5 Å². The fraction of sp³-hybridized carbons (Fsp3) is 0.417. The monoisotopic (exact) mass is 426 g/mol. The minimum atomic E-state index is -0.890. The Bertz CT molecular complexity index is 882. The van der Waals surface area contributed by atoms with Gasteiger partial charge in [0.25, 0.3) is 0 Å². The first kappa shape index (κ1) is 20.9. The van der Waals surface area contributed by atoms with E-state index in [0.29, 0.717) is 36.5 Å². The molecule has 2 aromatic carbocycles. The Kier molecular flexibility index (Phi) is 6.11. The van der Waals surface area contributed by atoms with Crippen molar-refractivity contribution in [2.24, 2.45) is 5.92 Å². The van der Waals surface area contributed by atoms with Gasteiger partial charge in [-0.1, -0.05) is 23.7 Å². The third kappa shape index (κ3) is 4.37. The Morgan fingerprint density at radius 1 is 0.967 bits per heavy atom. The Balaban J connectivity index is 1.30. The second-order valence-corrected chi connectivity index (χ2v) is 8.77. The number of aliphatic hydroxyl groups is 1. The molecule has 6 heteroatoms. The van der Waals surface area contributed by atoms with E-state index >= 15 is 0 Å². The molecule has 0 unspecified atom stereocenters. The lowest BCUT2D eigenvalue weighted by molar-refractivity contribution is -0.140. The predicted molar refractivity (Wildman–Crippen MR) is 118 cm³/mol. The highest BCUT2D eigenvalue weighted by Crippen LogP contribution is 2.34. The van der Waals surface area contributed by atoms with Crippen LogP contribution < -0.4 is 4.90 Å². The molecule has 2 heterocycles. The van der Waals surface area contributed by atoms with Gasteiger partial charge in [0.1, 0.15) is 6.29 Å². The third-order valence-electron chi connectivity index (χ3n) is 6.52. The van der Waals surface area contributed by atoms with E-state index in [9.17, 15) is 14.7 Å². The number of piperidine rings is 2. The van der Waals surface area contributed by atoms with Crippen LogP contribution in [0.1, 0.15) is 41.6 Å². The SMILES string of the molecule is O=Cc1ccc(N2CCC(C(=O)N3CCC(O)(c4ccc(Cl)cc4)CC3)CC2)cc1. The number of rotatable bonds is 4. The van der Waals surface area contributed by atoms with Gasteiger partial charge < -0.3 is 14.9 Å². The molecule has 2 aromatic rings. The number of hydrogen-bond acceptors (Lipinski definition) is 4. The summed E-state index contributed by atoms with van der Waals surface area (Å²) in [6.07, 6.45) is 3.59. The van der Waals surface area contributed by atoms with E-state index in [2.05, 4.69) is 4.90 Å². The van der Waals surface area contributed by atoms with Gasteiger partial charge in [-0.05, 0) is 67.6 Å². The van der Waals surface area contributed by atoms with Gasteiger partial charge in [0.05, 0.1) is 5.60 Å². The molecule has 2 saturated heterocycles. The summed E-state index contributed by atoms with van der Waals surface area (Å²) in [7, 11) is 0. The van der Waals surface area contributed by atoms with Crippen molar-refractivity contribution in [1.82, 2.24) is 4.90 Å². The van der Waals surface area contributed by atoms with Crippen LogP contribution in [0.25, 0.3) is 0 Å². The van der Waals surface area contributed by atoms with Gasteiger partial charge in [0.2, 0.25) is 5.91 Å². The molecule has 0 atom stereocenters. The highest BCUT2D eigenvalue weighted by Gasteiger charge is 2.37. The standard InChI is InChI=1S/C24H27ClN2O3/c25-21-5-3-20(4-6-21)24(30)11-15-27(16-12-24)23(29)19-9-13-26(14-10-19)22-7-1-18(17-28)2-8-22/h1-8,17,19,30H,9-16H2. The summed E-state index contributed by atoms with van der Waals surface area (Å²) in [6.45, 7) is 2.81. The maximum Gasteiger partial charge on any atom is 0.225 e. The van der Waals surface area contributed by atoms with Crippen molar-refractivity contribution in [2.75, 3.05) is 31.1 Å². The molecular weight excluding hydrogens is 400 g/mol. The van der Waals surface area contributed by atoms with Gasteiger partial charge in [-0.3, -0.25) is 9.59 Å². The van der Waals surface area contributed by atoms with E-state index in [-0.39, 0.29) is 11.8 Å². The van der Waals surface area contributed by atoms with Crippen LogP contribution in [-0.2, 0) is 10.4 Å². The normalized spacial score (nSPS) is 19.5. The second-order valence-electron chi connectivity index (χ2n) is 8.33. The molecule has 2 fully saturated rings. The van der Waals surface area contributed by atoms with Gasteiger partial charge in [-0.25, -0.2) is 0 Å². The van der Waals surface area contributed by atoms with Gasteiger partial charge in [-0.2, -0.15) is 0 Å². The lowest BCUT2D eigenvalue weighted by atomic mass is 9.83. The van der Waals surface area contributed by atoms with E-state index in [1.165, 1.54) is 0 Å². The van der Waals surface area contributed by atoms with Crippen molar-refractivity contribution in [3.8, 4) is 0 Å². The number of hydrogen-bond donors (Lipinski definition) is 1. The van der Waals surface area contributed by atoms with Crippen molar-refractivity contribution < 1.29 is 14.7 Å². The van der Waals surface area contributed by atoms with Gasteiger partial charge in [0, 0.05) is 48.4 Å². The molecule has 1 amide bonds. The number of carbonyl (C=O) groups is 2. The Hall–Kier alpha value is -2.37. The van der Waals surface area contributed by atoms with Crippen molar-refractivity contribution in [3.05, 3.63) is 64.7 Å². The maximum atomic E-state index is 13.0. The van der Waals surface area contributed by atoms with E-state index in [1.54, 1.807) is 12.1 Å². The van der Waals surface area contributed by atoms with Crippen LogP contribution >= 0.6 is 11.6 Å². The number of halogens is 1. The zero-order chi connectivity index (χ0) is 21.1. The summed E-state index contributed by atoms with van der Waals surface area (Å²) >= 11 is 5.96. The minimum absolute atomic E-state index is 0.0391. The molecule has 0 saturated carbocycles. The molecule has 0 spiro atoms. The Morgan fingerprint density at radius 2 is 1.57 bits per heavy atom. The van der Waals surface area contributed by atoms with Crippen molar-refractivity contribution in [1.29, 1.82) is 0 Å². The highest BCUT2D eigenvalue weighted by molar-refractivity contribution is 6.30. The largest absolute Gasteiger partial charge is 0.385 e. The zero-order valence-corrected chi connectivity index (χ0v) is 17.7. The van der Waals surface area contributed by atoms with Crippen LogP contribution in [0.5, 0.6) is 0 Å². The van der Waals surface area contributed by atoms with Crippen LogP contribution in [0.4, 0.5) is 5.69 Å². The molecule has 0 radical (unpaired) electrons. The summed E-state index contributed by atoms with van der Waals surface area (Å²) in [6, 6.07) is 14.9. The highest BCUT2D eigenvalue weighted by atomic mass is 35.5. The quantitative estimate of drug-likeness (QED) is 0.754. The number of benzene rings is 2. The Labute approximate surface area is 182 Å². The van der Waals surface area contributed by atoms with Crippen molar-refractivity contribution in [3.63, 3.8) is 0 Å². The first-order valence-electron chi connectivity index (χ1n) is 10.6. The van der Waals surface area contributed by atoms with E-state index in [4.69, 9.17) is 11.6 Å². The molecular formula is C24H27ClN2O3. The second kappa shape index (κ2) is 8.78. The molecule has 2 aliphatic rings. The van der Waals surface area contributed by atoms with E-state index < -0.39 is 5.60 Å². The van der Waals surface area contributed by atoms with Crippen LogP contribution in [-0.4, -0.2) is 48.4 Å². The molecule has 1 N–H and O–H groups in total. The minimum Gasteiger partial charge on any atom is -0.385 e. The molecule has 0 aliphatic carbocycles. The molecule has 158 valence electrons. The smallest absolute Gasteiger partial charge is 0.225 e. The molecule has 0 bridgehead atoms. The predicted octanol–water partition coefficient (Wildman–Crippen LogP) is 3.88. The Morgan fingerprint density at radius 3 is 2.13 bits per heavy atom. The van der Waals surface area contributed by atoms with Gasteiger partial charge in [0.15, 0.2) is 0 Å². The van der Waals surface area contributed by atoms with Crippen LogP contribution in [0.15, 0.2) is 48.5 Å². The van der Waals surface area contributed by atoms with Gasteiger partial charge >= 0.3 is 0 Å².